The third-order valence-corrected chi connectivity index (χ3v) is 3.88. The quantitative estimate of drug-likeness (QED) is 0.901. The van der Waals surface area contributed by atoms with E-state index in [1.165, 1.54) is 13.0 Å². The number of likely N-dealkylation sites (tertiary alicyclic amines) is 1. The van der Waals surface area contributed by atoms with Crippen molar-refractivity contribution >= 4 is 5.82 Å². The molecule has 1 aliphatic heterocycles. The summed E-state index contributed by atoms with van der Waals surface area (Å²) in [5.41, 5.74) is 1.65. The summed E-state index contributed by atoms with van der Waals surface area (Å²) >= 11 is 0. The number of anilines is 1. The van der Waals surface area contributed by atoms with Gasteiger partial charge in [-0.2, -0.15) is 5.26 Å². The van der Waals surface area contributed by atoms with E-state index in [1.54, 1.807) is 6.20 Å². The van der Waals surface area contributed by atoms with Crippen LogP contribution in [0.15, 0.2) is 12.3 Å². The van der Waals surface area contributed by atoms with Gasteiger partial charge in [0.25, 0.3) is 0 Å². The summed E-state index contributed by atoms with van der Waals surface area (Å²) < 4.78 is 0. The molecule has 4 heteroatoms. The molecule has 2 heterocycles. The maximum absolute atomic E-state index is 9.17. The Morgan fingerprint density at radius 1 is 1.58 bits per heavy atom. The van der Waals surface area contributed by atoms with Gasteiger partial charge in [-0.15, -0.1) is 0 Å². The predicted octanol–water partition coefficient (Wildman–Crippen LogP) is 2.40. The normalized spacial score (nSPS) is 19.6. The lowest BCUT2D eigenvalue weighted by atomic mass is 10.1. The van der Waals surface area contributed by atoms with Gasteiger partial charge in [0.1, 0.15) is 11.9 Å². The fraction of sp³-hybridized carbons (Fsp3) is 0.600. The molecule has 1 fully saturated rings. The largest absolute Gasteiger partial charge is 0.369 e. The van der Waals surface area contributed by atoms with Crippen molar-refractivity contribution in [1.82, 2.24) is 9.88 Å². The summed E-state index contributed by atoms with van der Waals surface area (Å²) in [5.74, 6) is 1.38. The average Bonchev–Trinajstić information content (AvgIpc) is 2.85. The molecule has 4 nitrogen and oxygen atoms in total. The van der Waals surface area contributed by atoms with E-state index in [-0.39, 0.29) is 0 Å². The number of nitriles is 1. The Labute approximate surface area is 115 Å². The maximum atomic E-state index is 9.17. The van der Waals surface area contributed by atoms with E-state index in [1.807, 2.05) is 13.0 Å². The van der Waals surface area contributed by atoms with E-state index in [0.717, 1.165) is 24.5 Å². The van der Waals surface area contributed by atoms with E-state index >= 15 is 0 Å². The number of nitrogens with zero attached hydrogens (tertiary/aromatic N) is 3. The number of aryl methyl sites for hydroxylation is 1. The second kappa shape index (κ2) is 6.03. The minimum atomic E-state index is 0.622. The van der Waals surface area contributed by atoms with E-state index in [4.69, 9.17) is 5.26 Å². The molecule has 0 saturated carbocycles. The molecule has 0 bridgehead atoms. The van der Waals surface area contributed by atoms with Crippen molar-refractivity contribution in [2.45, 2.75) is 33.2 Å². The molecule has 0 radical (unpaired) electrons. The van der Waals surface area contributed by atoms with Crippen molar-refractivity contribution in [2.24, 2.45) is 5.92 Å². The minimum absolute atomic E-state index is 0.622. The number of pyridine rings is 1. The number of hydrogen-bond acceptors (Lipinski definition) is 4. The van der Waals surface area contributed by atoms with Crippen LogP contribution in [0.5, 0.6) is 0 Å². The summed E-state index contributed by atoms with van der Waals surface area (Å²) in [4.78, 5) is 6.78. The van der Waals surface area contributed by atoms with Gasteiger partial charge in [-0.25, -0.2) is 4.98 Å². The van der Waals surface area contributed by atoms with Gasteiger partial charge < -0.3 is 10.2 Å². The molecule has 102 valence electrons. The third-order valence-electron chi connectivity index (χ3n) is 3.88. The van der Waals surface area contributed by atoms with E-state index in [2.05, 4.69) is 35.1 Å². The molecule has 1 atom stereocenters. The zero-order valence-electron chi connectivity index (χ0n) is 12.0. The van der Waals surface area contributed by atoms with E-state index in [0.29, 0.717) is 17.5 Å². The van der Waals surface area contributed by atoms with Crippen molar-refractivity contribution in [1.29, 1.82) is 5.26 Å². The van der Waals surface area contributed by atoms with Crippen LogP contribution in [0.3, 0.4) is 0 Å². The first kappa shape index (κ1) is 13.8. The lowest BCUT2D eigenvalue weighted by Gasteiger charge is -2.20. The summed E-state index contributed by atoms with van der Waals surface area (Å²) in [5, 5.41) is 12.5. The Hall–Kier alpha value is -1.60. The topological polar surface area (TPSA) is 52.0 Å². The highest BCUT2D eigenvalue weighted by Crippen LogP contribution is 2.20. The molecule has 1 aromatic heterocycles. The second-order valence-electron chi connectivity index (χ2n) is 5.59. The Morgan fingerprint density at radius 2 is 2.37 bits per heavy atom. The van der Waals surface area contributed by atoms with Crippen LogP contribution in [0.1, 0.15) is 31.4 Å². The Bertz CT molecular complexity index is 476. The fourth-order valence-corrected chi connectivity index (χ4v) is 2.57. The van der Waals surface area contributed by atoms with Crippen LogP contribution < -0.4 is 5.32 Å². The van der Waals surface area contributed by atoms with Crippen LogP contribution >= 0.6 is 0 Å². The lowest BCUT2D eigenvalue weighted by Crippen LogP contribution is -2.29. The van der Waals surface area contributed by atoms with Crippen molar-refractivity contribution in [2.75, 3.05) is 25.0 Å². The molecule has 0 spiro atoms. The molecule has 2 rings (SSSR count). The molecule has 1 aliphatic rings. The van der Waals surface area contributed by atoms with Crippen molar-refractivity contribution in [3.8, 4) is 6.07 Å². The van der Waals surface area contributed by atoms with Crippen molar-refractivity contribution in [3.63, 3.8) is 0 Å². The molecule has 1 aromatic rings. The first-order valence-electron chi connectivity index (χ1n) is 6.95. The van der Waals surface area contributed by atoms with Crippen molar-refractivity contribution < 1.29 is 0 Å². The van der Waals surface area contributed by atoms with Gasteiger partial charge in [-0.3, -0.25) is 0 Å². The first-order valence-corrected chi connectivity index (χ1v) is 6.95. The molecule has 0 aromatic carbocycles. The molecular formula is C15H22N4. The summed E-state index contributed by atoms with van der Waals surface area (Å²) in [6, 6.07) is 4.73. The van der Waals surface area contributed by atoms with Gasteiger partial charge in [0, 0.05) is 25.3 Å². The lowest BCUT2D eigenvalue weighted by molar-refractivity contribution is 0.266. The smallest absolute Gasteiger partial charge is 0.144 e. The third kappa shape index (κ3) is 3.24. The summed E-state index contributed by atoms with van der Waals surface area (Å²) in [6.07, 6.45) is 2.98. The van der Waals surface area contributed by atoms with Crippen molar-refractivity contribution in [3.05, 3.63) is 23.4 Å². The highest BCUT2D eigenvalue weighted by Gasteiger charge is 2.24. The van der Waals surface area contributed by atoms with Gasteiger partial charge in [-0.05, 0) is 51.3 Å². The van der Waals surface area contributed by atoms with Crippen LogP contribution in [0.25, 0.3) is 0 Å². The van der Waals surface area contributed by atoms with Gasteiger partial charge in [0.2, 0.25) is 0 Å². The maximum Gasteiger partial charge on any atom is 0.144 e. The number of aromatic nitrogens is 1. The van der Waals surface area contributed by atoms with Gasteiger partial charge >= 0.3 is 0 Å². The molecule has 1 saturated heterocycles. The number of rotatable bonds is 4. The summed E-state index contributed by atoms with van der Waals surface area (Å²) in [6.45, 7) is 9.64. The Morgan fingerprint density at radius 3 is 3.00 bits per heavy atom. The van der Waals surface area contributed by atoms with Crippen LogP contribution in [0.4, 0.5) is 5.82 Å². The van der Waals surface area contributed by atoms with Gasteiger partial charge in [0.15, 0.2) is 0 Å². The monoisotopic (exact) mass is 258 g/mol. The average molecular weight is 258 g/mol. The highest BCUT2D eigenvalue weighted by atomic mass is 15.2. The standard InChI is InChI=1S/C15H22N4/c1-11(2)19-7-5-13(10-19)9-18-15-14(8-16)12(3)4-6-17-15/h4,6,11,13H,5,7,9-10H2,1-3H3,(H,17,18). The zero-order valence-corrected chi connectivity index (χ0v) is 12.0. The number of hydrogen-bond donors (Lipinski definition) is 1. The van der Waals surface area contributed by atoms with Crippen LogP contribution in [-0.2, 0) is 0 Å². The predicted molar refractivity (Wildman–Crippen MR) is 77.0 cm³/mol. The molecule has 0 aliphatic carbocycles. The molecule has 1 unspecified atom stereocenters. The van der Waals surface area contributed by atoms with Crippen LogP contribution in [0.2, 0.25) is 0 Å². The molecular weight excluding hydrogens is 236 g/mol. The highest BCUT2D eigenvalue weighted by molar-refractivity contribution is 5.55. The number of nitrogens with one attached hydrogen (secondary N) is 1. The molecule has 1 N–H and O–H groups in total. The van der Waals surface area contributed by atoms with E-state index in [9.17, 15) is 0 Å². The summed E-state index contributed by atoms with van der Waals surface area (Å²) in [7, 11) is 0. The van der Waals surface area contributed by atoms with Gasteiger partial charge in [-0.1, -0.05) is 0 Å². The Kier molecular flexibility index (Phi) is 4.39. The van der Waals surface area contributed by atoms with E-state index < -0.39 is 0 Å². The van der Waals surface area contributed by atoms with Gasteiger partial charge in [0.05, 0.1) is 5.56 Å². The van der Waals surface area contributed by atoms with Crippen LogP contribution in [0, 0.1) is 24.2 Å². The minimum Gasteiger partial charge on any atom is -0.369 e. The Balaban J connectivity index is 1.94. The van der Waals surface area contributed by atoms with Crippen LogP contribution in [-0.4, -0.2) is 35.6 Å². The molecule has 0 amide bonds. The fourth-order valence-electron chi connectivity index (χ4n) is 2.57. The SMILES string of the molecule is Cc1ccnc(NCC2CCN(C(C)C)C2)c1C#N. The first-order chi connectivity index (χ1) is 9.11. The second-order valence-corrected chi connectivity index (χ2v) is 5.59. The zero-order chi connectivity index (χ0) is 13.8. The molecule has 19 heavy (non-hydrogen) atoms.